The van der Waals surface area contributed by atoms with E-state index in [4.69, 9.17) is 19.4 Å². The Bertz CT molecular complexity index is 2830. The minimum absolute atomic E-state index is 0.156. The highest BCUT2D eigenvalue weighted by Crippen LogP contribution is 2.51. The molecule has 4 atom stereocenters. The summed E-state index contributed by atoms with van der Waals surface area (Å²) in [5, 5.41) is 6.05. The van der Waals surface area contributed by atoms with Gasteiger partial charge < -0.3 is 49.7 Å². The molecule has 1 saturated heterocycles. The number of H-pyrrole nitrogens is 2. The van der Waals surface area contributed by atoms with Crippen LogP contribution in [0.3, 0.4) is 0 Å². The smallest absolute Gasteiger partial charge is 0.250 e. The number of amides is 4. The minimum Gasteiger partial charge on any atom is -0.488 e. The van der Waals surface area contributed by atoms with Crippen LogP contribution in [0.2, 0.25) is 0 Å². The lowest BCUT2D eigenvalue weighted by molar-refractivity contribution is -0.138. The van der Waals surface area contributed by atoms with E-state index in [1.807, 2.05) is 136 Å². The molecular weight excluding hydrogens is 897 g/mol. The Morgan fingerprint density at radius 2 is 1.25 bits per heavy atom. The van der Waals surface area contributed by atoms with Crippen molar-refractivity contribution >= 4 is 23.6 Å². The van der Waals surface area contributed by atoms with Gasteiger partial charge in [0.05, 0.1) is 35.9 Å². The zero-order valence-corrected chi connectivity index (χ0v) is 41.5. The van der Waals surface area contributed by atoms with Crippen molar-refractivity contribution in [3.8, 4) is 45.1 Å². The molecule has 0 spiro atoms. The first kappa shape index (κ1) is 48.7. The summed E-state index contributed by atoms with van der Waals surface area (Å²) in [4.78, 5) is 79.2. The predicted molar refractivity (Wildman–Crippen MR) is 271 cm³/mol. The Balaban J connectivity index is 0.924. The third-order valence-electron chi connectivity index (χ3n) is 13.6. The lowest BCUT2D eigenvalue weighted by Crippen LogP contribution is -2.45. The number of ether oxygens (including phenoxy) is 2. The van der Waals surface area contributed by atoms with Crippen molar-refractivity contribution in [1.29, 1.82) is 0 Å². The molecular formula is C55H64N10O6. The molecule has 0 bridgehead atoms. The van der Waals surface area contributed by atoms with E-state index in [2.05, 4.69) is 32.7 Å². The maximum Gasteiger partial charge on any atom is 0.250 e. The second-order valence-electron chi connectivity index (χ2n) is 19.3. The monoisotopic (exact) mass is 961 g/mol. The van der Waals surface area contributed by atoms with Gasteiger partial charge in [0, 0.05) is 72.4 Å². The van der Waals surface area contributed by atoms with Gasteiger partial charge in [0.15, 0.2) is 0 Å². The third-order valence-corrected chi connectivity index (χ3v) is 13.6. The fourth-order valence-corrected chi connectivity index (χ4v) is 9.85. The van der Waals surface area contributed by atoms with Crippen molar-refractivity contribution < 1.29 is 28.7 Å². The molecule has 0 aliphatic carbocycles. The fraction of sp³-hybridized carbons (Fsp3) is 0.382. The summed E-state index contributed by atoms with van der Waals surface area (Å²) in [7, 11) is 7.67. The number of hydrogen-bond donors (Lipinski definition) is 4. The molecule has 6 aromatic rings. The highest BCUT2D eigenvalue weighted by atomic mass is 16.5. The number of nitrogens with one attached hydrogen (secondary N) is 4. The molecule has 16 nitrogen and oxygen atoms in total. The summed E-state index contributed by atoms with van der Waals surface area (Å²) in [5.74, 6) is 2.11. The number of benzene rings is 4. The number of imidazole rings is 2. The van der Waals surface area contributed by atoms with Gasteiger partial charge in [-0.15, -0.1) is 0 Å². The molecule has 370 valence electrons. The van der Waals surface area contributed by atoms with E-state index in [1.165, 1.54) is 0 Å². The summed E-state index contributed by atoms with van der Waals surface area (Å²) in [6, 6.07) is 24.7. The molecule has 4 amide bonds. The lowest BCUT2D eigenvalue weighted by atomic mass is 9.87. The first-order chi connectivity index (χ1) is 34.4. The van der Waals surface area contributed by atoms with Gasteiger partial charge >= 0.3 is 0 Å². The molecule has 71 heavy (non-hydrogen) atoms. The molecule has 4 aromatic carbocycles. The van der Waals surface area contributed by atoms with E-state index in [1.54, 1.807) is 11.1 Å². The molecule has 3 aliphatic heterocycles. The van der Waals surface area contributed by atoms with Crippen molar-refractivity contribution in [3.05, 3.63) is 131 Å². The van der Waals surface area contributed by atoms with Crippen LogP contribution in [0.1, 0.15) is 104 Å². The molecule has 16 heteroatoms. The summed E-state index contributed by atoms with van der Waals surface area (Å²) >= 11 is 0. The maximum atomic E-state index is 14.5. The number of carbonyl (C=O) groups excluding carboxylic acids is 4. The van der Waals surface area contributed by atoms with Crippen LogP contribution >= 0.6 is 0 Å². The number of aromatic nitrogens is 4. The molecule has 9 rings (SSSR count). The van der Waals surface area contributed by atoms with Crippen LogP contribution in [-0.2, 0) is 32.4 Å². The van der Waals surface area contributed by atoms with Crippen LogP contribution in [0.4, 0.5) is 0 Å². The third kappa shape index (κ3) is 10.6. The Kier molecular flexibility index (Phi) is 14.7. The number of nitrogens with zero attached hydrogens (tertiary/aromatic N) is 6. The number of hydrogen-bond acceptors (Lipinski definition) is 10. The Morgan fingerprint density at radius 1 is 0.718 bits per heavy atom. The van der Waals surface area contributed by atoms with Gasteiger partial charge in [-0.1, -0.05) is 67.6 Å². The van der Waals surface area contributed by atoms with Gasteiger partial charge in [-0.2, -0.15) is 0 Å². The van der Waals surface area contributed by atoms with E-state index < -0.39 is 18.1 Å². The number of likely N-dealkylation sites (tertiary alicyclic amines) is 1. The first-order valence-electron chi connectivity index (χ1n) is 24.7. The van der Waals surface area contributed by atoms with Gasteiger partial charge in [-0.25, -0.2) is 9.97 Å². The van der Waals surface area contributed by atoms with Crippen molar-refractivity contribution in [2.45, 2.75) is 83.3 Å². The van der Waals surface area contributed by atoms with E-state index >= 15 is 0 Å². The van der Waals surface area contributed by atoms with E-state index in [0.717, 1.165) is 86.7 Å². The van der Waals surface area contributed by atoms with E-state index in [-0.39, 0.29) is 42.5 Å². The van der Waals surface area contributed by atoms with Gasteiger partial charge in [-0.05, 0) is 89.8 Å². The van der Waals surface area contributed by atoms with Gasteiger partial charge in [0.1, 0.15) is 48.4 Å². The van der Waals surface area contributed by atoms with Gasteiger partial charge in [0.2, 0.25) is 23.6 Å². The van der Waals surface area contributed by atoms with E-state index in [9.17, 15) is 19.2 Å². The number of aromatic amines is 2. The second-order valence-corrected chi connectivity index (χ2v) is 19.3. The molecule has 2 aromatic heterocycles. The van der Waals surface area contributed by atoms with Gasteiger partial charge in [0.25, 0.3) is 0 Å². The zero-order valence-electron chi connectivity index (χ0n) is 41.5. The normalized spacial score (nSPS) is 15.9. The number of carbonyl (C=O) groups is 4. The van der Waals surface area contributed by atoms with Crippen LogP contribution in [0.25, 0.3) is 33.6 Å². The van der Waals surface area contributed by atoms with Crippen molar-refractivity contribution in [2.75, 3.05) is 54.4 Å². The van der Waals surface area contributed by atoms with E-state index in [0.29, 0.717) is 51.0 Å². The van der Waals surface area contributed by atoms with Crippen molar-refractivity contribution in [3.63, 3.8) is 0 Å². The topological polar surface area (TPSA) is 181 Å². The lowest BCUT2D eigenvalue weighted by Gasteiger charge is -2.32. The highest BCUT2D eigenvalue weighted by Gasteiger charge is 2.38. The Morgan fingerprint density at radius 3 is 1.82 bits per heavy atom. The Labute approximate surface area is 415 Å². The standard InChI is InChI=1S/C55H64N10O6/c1-7-22-64(54(68)50(35-15-10-8-11-16-35)60-46(66)20-24-62(3)4)34(2)52-56-30-41(58-52)37-26-39-32-71-45-29-38(27-40-33-70-44(28-37)48(39)49(40)45)42-31-57-53(59-42)43-19-14-23-65(43)55(69)51(36-17-12-9-13-18-36)61-47(67)21-25-63(5)6/h8-13,15-18,26-31,34,43,50-51H,7,14,19-25,32-33H2,1-6H3,(H,56,58)(H,57,59)(H,60,66)(H,61,67). The molecule has 4 N–H and O–H groups in total. The molecule has 4 unspecified atom stereocenters. The van der Waals surface area contributed by atoms with Crippen molar-refractivity contribution in [2.24, 2.45) is 0 Å². The minimum atomic E-state index is -0.847. The maximum absolute atomic E-state index is 14.5. The largest absolute Gasteiger partial charge is 0.488 e. The average Bonchev–Trinajstić information content (AvgIpc) is 4.19. The molecule has 5 heterocycles. The SMILES string of the molecule is CCCN(C(=O)C(NC(=O)CCN(C)C)c1ccccc1)C(C)c1ncc(-c2cc3c4c(c2)OCc2cc(-c5cnc(C6CCCN6C(=O)C(NC(=O)CCN(C)C)c6ccccc6)[nH]5)cc(c2-4)OC3)[nH]1. The van der Waals surface area contributed by atoms with Crippen LogP contribution in [0.15, 0.2) is 97.3 Å². The average molecular weight is 961 g/mol. The summed E-state index contributed by atoms with van der Waals surface area (Å²) in [6.07, 6.45) is 6.44. The van der Waals surface area contributed by atoms with Crippen LogP contribution in [-0.4, -0.2) is 118 Å². The highest BCUT2D eigenvalue weighted by molar-refractivity contribution is 5.91. The molecule has 3 aliphatic rings. The van der Waals surface area contributed by atoms with Crippen LogP contribution in [0.5, 0.6) is 11.5 Å². The number of rotatable bonds is 19. The summed E-state index contributed by atoms with van der Waals surface area (Å²) in [6.45, 7) is 6.83. The predicted octanol–water partition coefficient (Wildman–Crippen LogP) is 7.50. The van der Waals surface area contributed by atoms with Crippen LogP contribution in [0, 0.1) is 0 Å². The quantitative estimate of drug-likeness (QED) is 0.0635. The summed E-state index contributed by atoms with van der Waals surface area (Å²) < 4.78 is 13.0. The second kappa shape index (κ2) is 21.4. The molecule has 1 fully saturated rings. The zero-order chi connectivity index (χ0) is 49.8. The van der Waals surface area contributed by atoms with Gasteiger partial charge in [-0.3, -0.25) is 19.2 Å². The van der Waals surface area contributed by atoms with Crippen molar-refractivity contribution in [1.82, 2.24) is 50.2 Å². The molecule has 0 saturated carbocycles. The van der Waals surface area contributed by atoms with Crippen LogP contribution < -0.4 is 20.1 Å². The summed E-state index contributed by atoms with van der Waals surface area (Å²) in [5.41, 5.74) is 8.80. The molecule has 0 radical (unpaired) electrons. The Hall–Kier alpha value is -7.30. The first-order valence-corrected chi connectivity index (χ1v) is 24.7. The fourth-order valence-electron chi connectivity index (χ4n) is 9.85.